The molecular formula is C23H23ClN2O3. The molecular weight excluding hydrogens is 388 g/mol. The van der Waals surface area contributed by atoms with Crippen LogP contribution in [0.3, 0.4) is 0 Å². The zero-order chi connectivity index (χ0) is 20.6. The van der Waals surface area contributed by atoms with Crippen molar-refractivity contribution in [1.29, 1.82) is 0 Å². The normalized spacial score (nSPS) is 10.6. The van der Waals surface area contributed by atoms with Crippen molar-refractivity contribution in [3.63, 3.8) is 0 Å². The van der Waals surface area contributed by atoms with Gasteiger partial charge in [-0.2, -0.15) is 0 Å². The summed E-state index contributed by atoms with van der Waals surface area (Å²) in [4.78, 5) is 16.8. The Balaban J connectivity index is 1.57. The average molecular weight is 411 g/mol. The van der Waals surface area contributed by atoms with Gasteiger partial charge < -0.3 is 14.8 Å². The minimum absolute atomic E-state index is 0.0404. The van der Waals surface area contributed by atoms with Gasteiger partial charge >= 0.3 is 0 Å². The summed E-state index contributed by atoms with van der Waals surface area (Å²) in [6.45, 7) is 4.61. The molecule has 0 atom stereocenters. The zero-order valence-corrected chi connectivity index (χ0v) is 17.1. The van der Waals surface area contributed by atoms with Crippen LogP contribution in [0.25, 0.3) is 0 Å². The smallest absolute Gasteiger partial charge is 0.255 e. The number of rotatable bonds is 8. The first-order valence-electron chi connectivity index (χ1n) is 9.37. The number of hydrogen-bond acceptors (Lipinski definition) is 4. The van der Waals surface area contributed by atoms with E-state index >= 15 is 0 Å². The van der Waals surface area contributed by atoms with Crippen molar-refractivity contribution in [2.75, 3.05) is 0 Å². The van der Waals surface area contributed by atoms with Crippen molar-refractivity contribution in [3.05, 3.63) is 88.7 Å². The second-order valence-electron chi connectivity index (χ2n) is 6.74. The number of carbonyl (C=O) groups is 1. The summed E-state index contributed by atoms with van der Waals surface area (Å²) in [5.74, 6) is 1.02. The van der Waals surface area contributed by atoms with E-state index in [1.165, 1.54) is 0 Å². The van der Waals surface area contributed by atoms with Gasteiger partial charge in [-0.1, -0.05) is 29.8 Å². The number of aromatic nitrogens is 1. The number of carbonyl (C=O) groups excluding carboxylic acids is 1. The summed E-state index contributed by atoms with van der Waals surface area (Å²) in [7, 11) is 0. The van der Waals surface area contributed by atoms with Crippen LogP contribution in [0.15, 0.2) is 66.9 Å². The van der Waals surface area contributed by atoms with Gasteiger partial charge in [0.2, 0.25) is 0 Å². The highest BCUT2D eigenvalue weighted by Gasteiger charge is 2.14. The number of halogens is 1. The number of benzene rings is 2. The Kier molecular flexibility index (Phi) is 7.09. The standard InChI is InChI=1S/C23H23ClN2O3/c1-16(2)29-22-11-8-18(24)13-21(22)23(27)26-14-17-6-9-20(10-7-17)28-15-19-5-3-4-12-25-19/h3-13,16H,14-15H2,1-2H3,(H,26,27). The molecule has 0 spiro atoms. The highest BCUT2D eigenvalue weighted by Crippen LogP contribution is 2.24. The predicted molar refractivity (Wildman–Crippen MR) is 113 cm³/mol. The van der Waals surface area contributed by atoms with Crippen LogP contribution >= 0.6 is 11.6 Å². The molecule has 1 heterocycles. The molecule has 6 heteroatoms. The van der Waals surface area contributed by atoms with Crippen LogP contribution in [-0.2, 0) is 13.2 Å². The van der Waals surface area contributed by atoms with Gasteiger partial charge in [-0.15, -0.1) is 0 Å². The molecule has 0 aliphatic heterocycles. The third-order valence-corrected chi connectivity index (χ3v) is 4.27. The monoisotopic (exact) mass is 410 g/mol. The molecule has 5 nitrogen and oxygen atoms in total. The quantitative estimate of drug-likeness (QED) is 0.565. The van der Waals surface area contributed by atoms with E-state index in [2.05, 4.69) is 10.3 Å². The Hall–Kier alpha value is -3.05. The first kappa shape index (κ1) is 20.7. The number of hydrogen-bond donors (Lipinski definition) is 1. The second-order valence-corrected chi connectivity index (χ2v) is 7.18. The van der Waals surface area contributed by atoms with Gasteiger partial charge in [0.15, 0.2) is 0 Å². The van der Waals surface area contributed by atoms with Crippen molar-refractivity contribution in [2.45, 2.75) is 33.1 Å². The number of ether oxygens (including phenoxy) is 2. The van der Waals surface area contributed by atoms with Crippen LogP contribution in [0.1, 0.15) is 35.5 Å². The number of amides is 1. The van der Waals surface area contributed by atoms with E-state index in [9.17, 15) is 4.79 Å². The van der Waals surface area contributed by atoms with Gasteiger partial charge in [0.05, 0.1) is 17.4 Å². The largest absolute Gasteiger partial charge is 0.490 e. The molecule has 0 fully saturated rings. The molecule has 29 heavy (non-hydrogen) atoms. The molecule has 0 bridgehead atoms. The molecule has 0 saturated heterocycles. The fourth-order valence-electron chi connectivity index (χ4n) is 2.66. The lowest BCUT2D eigenvalue weighted by Gasteiger charge is -2.14. The van der Waals surface area contributed by atoms with E-state index in [0.717, 1.165) is 17.0 Å². The number of pyridine rings is 1. The van der Waals surface area contributed by atoms with E-state index in [4.69, 9.17) is 21.1 Å². The molecule has 150 valence electrons. The van der Waals surface area contributed by atoms with E-state index < -0.39 is 0 Å². The van der Waals surface area contributed by atoms with Gasteiger partial charge in [-0.25, -0.2) is 0 Å². The fraction of sp³-hybridized carbons (Fsp3) is 0.217. The molecule has 0 unspecified atom stereocenters. The highest BCUT2D eigenvalue weighted by molar-refractivity contribution is 6.31. The summed E-state index contributed by atoms with van der Waals surface area (Å²) in [6, 6.07) is 18.3. The van der Waals surface area contributed by atoms with Crippen LogP contribution < -0.4 is 14.8 Å². The van der Waals surface area contributed by atoms with Crippen LogP contribution in [0.5, 0.6) is 11.5 Å². The molecule has 0 radical (unpaired) electrons. The van der Waals surface area contributed by atoms with Crippen molar-refractivity contribution in [2.24, 2.45) is 0 Å². The Morgan fingerprint density at radius 2 is 1.90 bits per heavy atom. The molecule has 2 aromatic carbocycles. The molecule has 1 amide bonds. The molecule has 1 N–H and O–H groups in total. The van der Waals surface area contributed by atoms with Gasteiger partial charge in [0.1, 0.15) is 18.1 Å². The lowest BCUT2D eigenvalue weighted by molar-refractivity contribution is 0.0945. The Labute approximate surface area is 175 Å². The maximum atomic E-state index is 12.6. The van der Waals surface area contributed by atoms with Crippen molar-refractivity contribution in [3.8, 4) is 11.5 Å². The number of nitrogens with one attached hydrogen (secondary N) is 1. The van der Waals surface area contributed by atoms with Gasteiger partial charge in [0, 0.05) is 17.8 Å². The van der Waals surface area contributed by atoms with Crippen molar-refractivity contribution < 1.29 is 14.3 Å². The van der Waals surface area contributed by atoms with Crippen molar-refractivity contribution in [1.82, 2.24) is 10.3 Å². The van der Waals surface area contributed by atoms with E-state index in [0.29, 0.717) is 29.5 Å². The van der Waals surface area contributed by atoms with E-state index in [1.54, 1.807) is 24.4 Å². The predicted octanol–water partition coefficient (Wildman–Crippen LogP) is 5.03. The van der Waals surface area contributed by atoms with Crippen LogP contribution in [0, 0.1) is 0 Å². The van der Waals surface area contributed by atoms with E-state index in [1.807, 2.05) is 56.3 Å². The van der Waals surface area contributed by atoms with Gasteiger partial charge in [0.25, 0.3) is 5.91 Å². The molecule has 0 saturated carbocycles. The maximum Gasteiger partial charge on any atom is 0.255 e. The van der Waals surface area contributed by atoms with Crippen LogP contribution in [0.4, 0.5) is 0 Å². The van der Waals surface area contributed by atoms with Gasteiger partial charge in [-0.3, -0.25) is 9.78 Å². The summed E-state index contributed by atoms with van der Waals surface area (Å²) in [5.41, 5.74) is 2.24. The van der Waals surface area contributed by atoms with Gasteiger partial charge in [-0.05, 0) is 61.9 Å². The fourth-order valence-corrected chi connectivity index (χ4v) is 2.83. The Morgan fingerprint density at radius 3 is 2.59 bits per heavy atom. The maximum absolute atomic E-state index is 12.6. The third kappa shape index (κ3) is 6.22. The molecule has 0 aliphatic carbocycles. The Morgan fingerprint density at radius 1 is 1.10 bits per heavy atom. The highest BCUT2D eigenvalue weighted by atomic mass is 35.5. The van der Waals surface area contributed by atoms with Crippen LogP contribution in [-0.4, -0.2) is 17.0 Å². The van der Waals surface area contributed by atoms with E-state index in [-0.39, 0.29) is 12.0 Å². The van der Waals surface area contributed by atoms with Crippen molar-refractivity contribution >= 4 is 17.5 Å². The van der Waals surface area contributed by atoms with Crippen LogP contribution in [0.2, 0.25) is 5.02 Å². The molecule has 0 aliphatic rings. The first-order valence-corrected chi connectivity index (χ1v) is 9.75. The third-order valence-electron chi connectivity index (χ3n) is 4.04. The average Bonchev–Trinajstić information content (AvgIpc) is 2.73. The first-order chi connectivity index (χ1) is 14.0. The Bertz CT molecular complexity index is 944. The minimum atomic E-state index is -0.237. The lowest BCUT2D eigenvalue weighted by atomic mass is 10.1. The zero-order valence-electron chi connectivity index (χ0n) is 16.4. The summed E-state index contributed by atoms with van der Waals surface area (Å²) < 4.78 is 11.4. The summed E-state index contributed by atoms with van der Waals surface area (Å²) in [5, 5.41) is 3.39. The molecule has 3 aromatic rings. The lowest BCUT2D eigenvalue weighted by Crippen LogP contribution is -2.24. The topological polar surface area (TPSA) is 60.5 Å². The number of nitrogens with zero attached hydrogens (tertiary/aromatic N) is 1. The SMILES string of the molecule is CC(C)Oc1ccc(Cl)cc1C(=O)NCc1ccc(OCc2ccccn2)cc1. The summed E-state index contributed by atoms with van der Waals surface area (Å²) in [6.07, 6.45) is 1.70. The minimum Gasteiger partial charge on any atom is -0.490 e. The molecule has 3 rings (SSSR count). The summed E-state index contributed by atoms with van der Waals surface area (Å²) >= 11 is 6.05. The second kappa shape index (κ2) is 9.94. The molecule has 1 aromatic heterocycles.